The molecule has 0 aromatic rings. The van der Waals surface area contributed by atoms with Crippen LogP contribution in [0, 0.1) is 11.8 Å². The van der Waals surface area contributed by atoms with Gasteiger partial charge in [-0.15, -0.1) is 0 Å². The van der Waals surface area contributed by atoms with Gasteiger partial charge in [0.15, 0.2) is 0 Å². The second kappa shape index (κ2) is 44.3. The summed E-state index contributed by atoms with van der Waals surface area (Å²) in [5, 5.41) is 9.52. The Labute approximate surface area is 327 Å². The number of hydrogen-bond donors (Lipinski definition) is 1. The lowest BCUT2D eigenvalue weighted by atomic mass is 9.86. The third-order valence-corrected chi connectivity index (χ3v) is 11.3. The number of carboxylic acids is 1. The van der Waals surface area contributed by atoms with Crippen molar-refractivity contribution >= 4 is 11.9 Å². The van der Waals surface area contributed by atoms with Gasteiger partial charge in [0.2, 0.25) is 0 Å². The second-order valence-electron chi connectivity index (χ2n) is 16.4. The Morgan fingerprint density at radius 3 is 1.17 bits per heavy atom. The summed E-state index contributed by atoms with van der Waals surface area (Å²) >= 11 is 0. The predicted octanol–water partition coefficient (Wildman–Crippen LogP) is 16.8. The second-order valence-corrected chi connectivity index (χ2v) is 16.4. The van der Waals surface area contributed by atoms with E-state index in [1.54, 1.807) is 0 Å². The van der Waals surface area contributed by atoms with Crippen molar-refractivity contribution in [3.05, 3.63) is 0 Å². The Bertz CT molecular complexity index is 706. The van der Waals surface area contributed by atoms with Gasteiger partial charge in [-0.05, 0) is 44.4 Å². The van der Waals surface area contributed by atoms with Gasteiger partial charge in [-0.3, -0.25) is 9.59 Å². The fourth-order valence-electron chi connectivity index (χ4n) is 7.46. The first-order valence-electron chi connectivity index (χ1n) is 23.8. The van der Waals surface area contributed by atoms with Gasteiger partial charge in [-0.25, -0.2) is 0 Å². The Hall–Kier alpha value is -1.06. The van der Waals surface area contributed by atoms with E-state index in [4.69, 9.17) is 4.74 Å². The number of carboxylic acid groups (broad SMARTS) is 1. The third kappa shape index (κ3) is 40.1. The molecule has 0 aromatic carbocycles. The van der Waals surface area contributed by atoms with E-state index < -0.39 is 5.97 Å². The van der Waals surface area contributed by atoms with Gasteiger partial charge in [0.25, 0.3) is 0 Å². The fourth-order valence-corrected chi connectivity index (χ4v) is 7.46. The van der Waals surface area contributed by atoms with E-state index in [1.165, 1.54) is 186 Å². The lowest BCUT2D eigenvalue weighted by molar-refractivity contribution is -0.149. The summed E-state index contributed by atoms with van der Waals surface area (Å²) in [6.45, 7) is 13.3. The zero-order valence-corrected chi connectivity index (χ0v) is 36.6. The molecule has 4 heteroatoms. The van der Waals surface area contributed by atoms with Crippen LogP contribution in [0.2, 0.25) is 0 Å². The number of aliphatic carboxylic acids is 1. The number of unbranched alkanes of at least 4 members (excludes halogenated alkanes) is 26. The number of carbonyl (C=O) groups is 2. The van der Waals surface area contributed by atoms with Gasteiger partial charge < -0.3 is 9.84 Å². The quantitative estimate of drug-likeness (QED) is 0.0502. The number of hydrogen-bond acceptors (Lipinski definition) is 3. The highest BCUT2D eigenvalue weighted by molar-refractivity contribution is 5.70. The first-order valence-corrected chi connectivity index (χ1v) is 23.8. The van der Waals surface area contributed by atoms with Crippen LogP contribution in [-0.4, -0.2) is 23.1 Å². The van der Waals surface area contributed by atoms with E-state index in [9.17, 15) is 14.7 Å². The van der Waals surface area contributed by atoms with Crippen molar-refractivity contribution in [2.45, 2.75) is 285 Å². The molecular formula is C48H96O4. The van der Waals surface area contributed by atoms with Gasteiger partial charge >= 0.3 is 11.9 Å². The zero-order chi connectivity index (χ0) is 38.8. The van der Waals surface area contributed by atoms with Crippen molar-refractivity contribution in [2.24, 2.45) is 11.8 Å². The van der Waals surface area contributed by atoms with Crippen LogP contribution in [-0.2, 0) is 14.3 Å². The highest BCUT2D eigenvalue weighted by atomic mass is 16.5. The van der Waals surface area contributed by atoms with Crippen LogP contribution in [0.15, 0.2) is 0 Å². The van der Waals surface area contributed by atoms with E-state index in [0.717, 1.165) is 44.9 Å². The number of ether oxygens (including phenoxy) is 1. The number of esters is 1. The third-order valence-electron chi connectivity index (χ3n) is 11.3. The largest absolute Gasteiger partial charge is 0.481 e. The van der Waals surface area contributed by atoms with Crippen molar-refractivity contribution < 1.29 is 19.4 Å². The van der Waals surface area contributed by atoms with Gasteiger partial charge in [0.05, 0.1) is 5.92 Å². The molecule has 0 aliphatic heterocycles. The molecule has 0 bridgehead atoms. The average molecular weight is 737 g/mol. The molecule has 0 amide bonds. The molecule has 3 unspecified atom stereocenters. The van der Waals surface area contributed by atoms with E-state index in [-0.39, 0.29) is 18.0 Å². The van der Waals surface area contributed by atoms with E-state index >= 15 is 0 Å². The summed E-state index contributed by atoms with van der Waals surface area (Å²) in [4.78, 5) is 23.5. The van der Waals surface area contributed by atoms with Crippen molar-refractivity contribution in [3.8, 4) is 0 Å². The van der Waals surface area contributed by atoms with Crippen LogP contribution < -0.4 is 0 Å². The molecule has 0 heterocycles. The minimum Gasteiger partial charge on any atom is -0.481 e. The molecule has 3 atom stereocenters. The lowest BCUT2D eigenvalue weighted by Gasteiger charge is -2.19. The van der Waals surface area contributed by atoms with Crippen LogP contribution >= 0.6 is 0 Å². The smallest absolute Gasteiger partial charge is 0.306 e. The first kappa shape index (κ1) is 53.0. The molecule has 0 saturated heterocycles. The maximum absolute atomic E-state index is 11.9. The monoisotopic (exact) mass is 737 g/mol. The summed E-state index contributed by atoms with van der Waals surface area (Å²) in [7, 11) is 0. The number of rotatable bonds is 40. The molecule has 4 nitrogen and oxygen atoms in total. The summed E-state index contributed by atoms with van der Waals surface area (Å²) < 4.78 is 5.61. The normalized spacial score (nSPS) is 13.0. The highest BCUT2D eigenvalue weighted by Gasteiger charge is 2.21. The van der Waals surface area contributed by atoms with E-state index in [1.807, 2.05) is 0 Å². The Kier molecular flexibility index (Phi) is 45.2. The van der Waals surface area contributed by atoms with Crippen LogP contribution in [0.4, 0.5) is 0 Å². The molecular weight excluding hydrogens is 641 g/mol. The van der Waals surface area contributed by atoms with Crippen LogP contribution in [0.5, 0.6) is 0 Å². The Balaban J connectivity index is 0. The van der Waals surface area contributed by atoms with Crippen molar-refractivity contribution in [1.29, 1.82) is 0 Å². The van der Waals surface area contributed by atoms with Gasteiger partial charge in [0.1, 0.15) is 6.10 Å². The maximum Gasteiger partial charge on any atom is 0.306 e. The van der Waals surface area contributed by atoms with Crippen LogP contribution in [0.3, 0.4) is 0 Å². The van der Waals surface area contributed by atoms with E-state index in [2.05, 4.69) is 41.5 Å². The molecule has 0 spiro atoms. The summed E-state index contributed by atoms with van der Waals surface area (Å²) in [5.74, 6) is -0.0484. The van der Waals surface area contributed by atoms with Gasteiger partial charge in [-0.1, -0.05) is 234 Å². The van der Waals surface area contributed by atoms with Crippen molar-refractivity contribution in [1.82, 2.24) is 0 Å². The molecule has 52 heavy (non-hydrogen) atoms. The molecule has 0 fully saturated rings. The first-order chi connectivity index (χ1) is 25.4. The highest BCUT2D eigenvalue weighted by Crippen LogP contribution is 2.26. The Morgan fingerprint density at radius 1 is 0.423 bits per heavy atom. The molecule has 0 aromatic heterocycles. The topological polar surface area (TPSA) is 63.6 Å². The van der Waals surface area contributed by atoms with Crippen molar-refractivity contribution in [3.63, 3.8) is 0 Å². The molecule has 0 aliphatic carbocycles. The minimum absolute atomic E-state index is 0.0245. The SMILES string of the molecule is CCCCCCCCCCCCCCC(CC(CC)CCCC)C(=O)O.CCCCCCCCCCCCCCCC(=O)OC(CC)CCCCC. The van der Waals surface area contributed by atoms with Gasteiger partial charge in [0, 0.05) is 6.42 Å². The Morgan fingerprint density at radius 2 is 0.788 bits per heavy atom. The van der Waals surface area contributed by atoms with Gasteiger partial charge in [-0.2, -0.15) is 0 Å². The van der Waals surface area contributed by atoms with Crippen LogP contribution in [0.25, 0.3) is 0 Å². The average Bonchev–Trinajstić information content (AvgIpc) is 3.14. The molecule has 0 aliphatic rings. The standard InChI is InChI=1S/2C24H48O2/c1-4-7-9-10-11-12-13-14-15-16-17-18-20-23(24(25)26)21-22(6-3)19-8-5-2;1-4-7-9-10-11-12-13-14-15-16-17-18-20-22-24(25)26-23(6-3)21-19-8-5-2/h22-23H,4-21H2,1-3H3,(H,25,26);23H,4-22H2,1-3H3. The molecule has 0 rings (SSSR count). The molecule has 1 N–H and O–H groups in total. The predicted molar refractivity (Wildman–Crippen MR) is 229 cm³/mol. The van der Waals surface area contributed by atoms with Crippen LogP contribution in [0.1, 0.15) is 279 Å². The zero-order valence-electron chi connectivity index (χ0n) is 36.6. The minimum atomic E-state index is -0.567. The number of carbonyl (C=O) groups excluding carboxylic acids is 1. The fraction of sp³-hybridized carbons (Fsp3) is 0.958. The van der Waals surface area contributed by atoms with E-state index in [0.29, 0.717) is 12.3 Å². The van der Waals surface area contributed by atoms with Crippen molar-refractivity contribution in [2.75, 3.05) is 0 Å². The summed E-state index contributed by atoms with van der Waals surface area (Å²) in [6.07, 6.45) is 46.5. The molecule has 0 radical (unpaired) electrons. The molecule has 312 valence electrons. The maximum atomic E-state index is 11.9. The lowest BCUT2D eigenvalue weighted by Crippen LogP contribution is -2.18. The molecule has 0 saturated carbocycles. The summed E-state index contributed by atoms with van der Waals surface area (Å²) in [5.41, 5.74) is 0. The summed E-state index contributed by atoms with van der Waals surface area (Å²) in [6, 6.07) is 0.